The maximum Gasteiger partial charge on any atom is 0.296 e. The summed E-state index contributed by atoms with van der Waals surface area (Å²) in [6, 6.07) is 17.2. The van der Waals surface area contributed by atoms with Crippen molar-refractivity contribution in [1.29, 1.82) is 0 Å². The third kappa shape index (κ3) is 2.65. The monoisotopic (exact) mass is 392 g/mol. The van der Waals surface area contributed by atoms with Gasteiger partial charge in [-0.15, -0.1) is 0 Å². The summed E-state index contributed by atoms with van der Waals surface area (Å²) < 4.78 is 1.58. The number of nitrogens with one attached hydrogen (secondary N) is 3. The van der Waals surface area contributed by atoms with E-state index >= 15 is 0 Å². The van der Waals surface area contributed by atoms with E-state index in [0.29, 0.717) is 16.1 Å². The van der Waals surface area contributed by atoms with E-state index in [0.717, 1.165) is 41.4 Å². The van der Waals surface area contributed by atoms with Gasteiger partial charge in [0.25, 0.3) is 11.2 Å². The van der Waals surface area contributed by atoms with Crippen LogP contribution in [0.2, 0.25) is 5.02 Å². The van der Waals surface area contributed by atoms with Gasteiger partial charge in [0.2, 0.25) is 5.82 Å². The number of pyridine rings is 1. The molecule has 7 heteroatoms. The van der Waals surface area contributed by atoms with Crippen molar-refractivity contribution in [1.82, 2.24) is 9.78 Å². The van der Waals surface area contributed by atoms with Gasteiger partial charge in [0.15, 0.2) is 0 Å². The predicted octanol–water partition coefficient (Wildman–Crippen LogP) is 3.52. The summed E-state index contributed by atoms with van der Waals surface area (Å²) >= 11 is 6.00. The number of H-pyrrole nitrogens is 2. The summed E-state index contributed by atoms with van der Waals surface area (Å²) in [6.45, 7) is 0.869. The van der Waals surface area contributed by atoms with Gasteiger partial charge in [0, 0.05) is 18.6 Å². The van der Waals surface area contributed by atoms with Crippen LogP contribution in [0, 0.1) is 0 Å². The van der Waals surface area contributed by atoms with Gasteiger partial charge in [-0.3, -0.25) is 10.1 Å². The maximum absolute atomic E-state index is 13.2. The lowest BCUT2D eigenvalue weighted by atomic mass is 10.1. The third-order valence-electron chi connectivity index (χ3n) is 5.17. The molecule has 140 valence electrons. The number of fused-ring (bicyclic) bond motifs is 3. The van der Waals surface area contributed by atoms with Crippen LogP contribution in [0.1, 0.15) is 5.56 Å². The number of hydrogen-bond donors (Lipinski definition) is 2. The molecule has 5 rings (SSSR count). The number of hydrogen-bond acceptors (Lipinski definition) is 3. The first-order valence-corrected chi connectivity index (χ1v) is 9.51. The lowest BCUT2D eigenvalue weighted by molar-refractivity contribution is -0.330. The quantitative estimate of drug-likeness (QED) is 0.560. The number of aromatic amines is 2. The van der Waals surface area contributed by atoms with Crippen LogP contribution < -0.4 is 20.8 Å². The second-order valence-electron chi connectivity index (χ2n) is 6.97. The molecule has 6 nitrogen and oxygen atoms in total. The highest BCUT2D eigenvalue weighted by Gasteiger charge is 2.30. The molecule has 0 spiro atoms. The molecule has 0 radical (unpaired) electrons. The number of nitrogens with zero attached hydrogens (tertiary/aromatic N) is 2. The summed E-state index contributed by atoms with van der Waals surface area (Å²) in [6.07, 6.45) is 0.865. The number of aromatic nitrogens is 3. The minimum atomic E-state index is -0.0551. The lowest BCUT2D eigenvalue weighted by Crippen LogP contribution is -2.19. The number of anilines is 3. The number of halogens is 1. The van der Waals surface area contributed by atoms with Gasteiger partial charge in [0.1, 0.15) is 5.39 Å². The summed E-state index contributed by atoms with van der Waals surface area (Å²) in [4.78, 5) is 18.7. The SMILES string of the molecule is CN1CCc2c(Nc3ccc(Cl)cc3)[nH+]c3[nH]n(-c4ccccc4)c(=O)c3c21. The summed E-state index contributed by atoms with van der Waals surface area (Å²) in [5.74, 6) is 0.885. The average molecular weight is 393 g/mol. The first kappa shape index (κ1) is 16.9. The highest BCUT2D eigenvalue weighted by Crippen LogP contribution is 2.35. The van der Waals surface area contributed by atoms with Crippen LogP contribution in [-0.2, 0) is 6.42 Å². The van der Waals surface area contributed by atoms with E-state index in [4.69, 9.17) is 11.6 Å². The van der Waals surface area contributed by atoms with Crippen LogP contribution in [0.15, 0.2) is 59.4 Å². The van der Waals surface area contributed by atoms with Gasteiger partial charge >= 0.3 is 0 Å². The fraction of sp³-hybridized carbons (Fsp3) is 0.143. The Kier molecular flexibility index (Phi) is 3.87. The van der Waals surface area contributed by atoms with Gasteiger partial charge in [-0.1, -0.05) is 29.8 Å². The molecule has 3 N–H and O–H groups in total. The van der Waals surface area contributed by atoms with Crippen LogP contribution in [0.3, 0.4) is 0 Å². The zero-order valence-electron chi connectivity index (χ0n) is 15.3. The Morgan fingerprint density at radius 2 is 1.86 bits per heavy atom. The van der Waals surface area contributed by atoms with E-state index in [-0.39, 0.29) is 5.56 Å². The van der Waals surface area contributed by atoms with Gasteiger partial charge < -0.3 is 4.90 Å². The molecule has 0 unspecified atom stereocenters. The average Bonchev–Trinajstić information content (AvgIpc) is 3.25. The molecule has 4 aromatic rings. The number of benzene rings is 2. The standard InChI is InChI=1S/C21H18ClN5O/c1-26-12-11-16-18(26)17-20(24-19(16)23-14-9-7-13(22)8-10-14)25-27(21(17)28)15-5-3-2-4-6-15/h2-10H,11-12H2,1H3,(H2,23,24,25)/p+1. The minimum absolute atomic E-state index is 0.0551. The van der Waals surface area contributed by atoms with E-state index in [1.807, 2.05) is 61.6 Å². The molecule has 28 heavy (non-hydrogen) atoms. The van der Waals surface area contributed by atoms with E-state index in [9.17, 15) is 4.79 Å². The van der Waals surface area contributed by atoms with Crippen LogP contribution in [-0.4, -0.2) is 23.4 Å². The summed E-state index contributed by atoms with van der Waals surface area (Å²) in [5.41, 5.74) is 4.46. The molecule has 1 aliphatic heterocycles. The first-order valence-electron chi connectivity index (χ1n) is 9.14. The first-order chi connectivity index (χ1) is 13.6. The molecule has 2 aromatic heterocycles. The Labute approximate surface area is 166 Å². The van der Waals surface area contributed by atoms with E-state index in [1.165, 1.54) is 0 Å². The van der Waals surface area contributed by atoms with Gasteiger partial charge in [-0.05, 0) is 42.8 Å². The summed E-state index contributed by atoms with van der Waals surface area (Å²) in [7, 11) is 2.02. The fourth-order valence-corrected chi connectivity index (χ4v) is 3.94. The van der Waals surface area contributed by atoms with Crippen molar-refractivity contribution >= 4 is 39.8 Å². The van der Waals surface area contributed by atoms with E-state index in [1.54, 1.807) is 4.68 Å². The van der Waals surface area contributed by atoms with Crippen molar-refractivity contribution in [2.45, 2.75) is 6.42 Å². The van der Waals surface area contributed by atoms with Crippen LogP contribution in [0.4, 0.5) is 17.2 Å². The molecule has 0 amide bonds. The topological polar surface area (TPSA) is 67.2 Å². The highest BCUT2D eigenvalue weighted by molar-refractivity contribution is 6.30. The Bertz CT molecular complexity index is 1230. The van der Waals surface area contributed by atoms with E-state index < -0.39 is 0 Å². The summed E-state index contributed by atoms with van der Waals surface area (Å²) in [5, 5.41) is 8.04. The zero-order chi connectivity index (χ0) is 19.3. The highest BCUT2D eigenvalue weighted by atomic mass is 35.5. The third-order valence-corrected chi connectivity index (χ3v) is 5.42. The zero-order valence-corrected chi connectivity index (χ0v) is 16.0. The van der Waals surface area contributed by atoms with E-state index in [2.05, 4.69) is 20.3 Å². The van der Waals surface area contributed by atoms with Crippen LogP contribution in [0.25, 0.3) is 16.7 Å². The van der Waals surface area contributed by atoms with Crippen molar-refractivity contribution in [2.24, 2.45) is 0 Å². The molecule has 0 saturated heterocycles. The Morgan fingerprint density at radius 1 is 1.11 bits per heavy atom. The van der Waals surface area contributed by atoms with Crippen LogP contribution in [0.5, 0.6) is 0 Å². The number of para-hydroxylation sites is 1. The van der Waals surface area contributed by atoms with Gasteiger partial charge in [0.05, 0.1) is 22.6 Å². The molecule has 0 fully saturated rings. The molecule has 0 atom stereocenters. The lowest BCUT2D eigenvalue weighted by Gasteiger charge is -2.12. The van der Waals surface area contributed by atoms with Crippen molar-refractivity contribution < 1.29 is 4.98 Å². The van der Waals surface area contributed by atoms with Crippen molar-refractivity contribution in [3.63, 3.8) is 0 Å². The number of likely N-dealkylation sites (N-methyl/N-ethyl adjacent to an activating group) is 1. The smallest absolute Gasteiger partial charge is 0.296 e. The van der Waals surface area contributed by atoms with Gasteiger partial charge in [-0.2, -0.15) is 9.78 Å². The molecular weight excluding hydrogens is 374 g/mol. The maximum atomic E-state index is 13.2. The Morgan fingerprint density at radius 3 is 2.61 bits per heavy atom. The number of rotatable bonds is 3. The molecule has 3 heterocycles. The largest absolute Gasteiger partial charge is 0.373 e. The predicted molar refractivity (Wildman–Crippen MR) is 112 cm³/mol. The van der Waals surface area contributed by atoms with Crippen LogP contribution >= 0.6 is 11.6 Å². The molecule has 0 bridgehead atoms. The second kappa shape index (κ2) is 6.42. The van der Waals surface area contributed by atoms with Crippen molar-refractivity contribution in [3.05, 3.63) is 75.5 Å². The molecule has 0 saturated carbocycles. The minimum Gasteiger partial charge on any atom is -0.373 e. The van der Waals surface area contributed by atoms with Gasteiger partial charge in [-0.25, -0.2) is 4.98 Å². The normalized spacial score (nSPS) is 13.1. The van der Waals surface area contributed by atoms with Crippen molar-refractivity contribution in [2.75, 3.05) is 23.8 Å². The molecule has 0 aliphatic carbocycles. The second-order valence-corrected chi connectivity index (χ2v) is 7.40. The Hall–Kier alpha value is -3.25. The van der Waals surface area contributed by atoms with Crippen molar-refractivity contribution in [3.8, 4) is 5.69 Å². The molecule has 1 aliphatic rings. The molecule has 2 aromatic carbocycles. The molecular formula is C21H19ClN5O+. The fourth-order valence-electron chi connectivity index (χ4n) is 3.82. The Balaban J connectivity index is 1.71.